The molecule has 0 amide bonds. The van der Waals surface area contributed by atoms with E-state index in [4.69, 9.17) is 23.7 Å². The number of carbonyl (C=O) groups excluding carboxylic acids is 3. The maximum Gasteiger partial charge on any atom is 0.303 e. The zero-order chi connectivity index (χ0) is 15.3. The molecule has 0 radical (unpaired) electrons. The molecule has 1 heterocycles. The molecule has 20 heavy (non-hydrogen) atoms. The highest BCUT2D eigenvalue weighted by Crippen LogP contribution is 2.24. The van der Waals surface area contributed by atoms with Gasteiger partial charge in [-0.25, -0.2) is 0 Å². The van der Waals surface area contributed by atoms with Crippen LogP contribution < -0.4 is 0 Å². The van der Waals surface area contributed by atoms with Gasteiger partial charge in [0, 0.05) is 27.9 Å². The average Bonchev–Trinajstić information content (AvgIpc) is 2.31. The van der Waals surface area contributed by atoms with E-state index >= 15 is 0 Å². The lowest BCUT2D eigenvalue weighted by Crippen LogP contribution is -2.57. The zero-order valence-electron chi connectivity index (χ0n) is 11.8. The number of esters is 3. The molecule has 8 nitrogen and oxygen atoms in total. The van der Waals surface area contributed by atoms with Gasteiger partial charge in [-0.15, -0.1) is 0 Å². The highest BCUT2D eigenvalue weighted by atomic mass is 16.7. The number of hydrogen-bond acceptors (Lipinski definition) is 8. The molecular formula is C12H18O8. The van der Waals surface area contributed by atoms with Crippen molar-refractivity contribution in [3.63, 3.8) is 0 Å². The number of hydrogen-bond donors (Lipinski definition) is 0. The Balaban J connectivity index is 2.95. The summed E-state index contributed by atoms with van der Waals surface area (Å²) in [5.74, 6) is -1.75. The summed E-state index contributed by atoms with van der Waals surface area (Å²) in [6, 6.07) is 0. The summed E-state index contributed by atoms with van der Waals surface area (Å²) in [4.78, 5) is 33.4. The topological polar surface area (TPSA) is 97.4 Å². The Labute approximate surface area is 116 Å². The van der Waals surface area contributed by atoms with Gasteiger partial charge in [0.05, 0.1) is 6.61 Å². The number of ether oxygens (including phenoxy) is 5. The second kappa shape index (κ2) is 7.20. The zero-order valence-corrected chi connectivity index (χ0v) is 11.8. The van der Waals surface area contributed by atoms with Gasteiger partial charge in [-0.1, -0.05) is 0 Å². The molecule has 114 valence electrons. The van der Waals surface area contributed by atoms with E-state index in [1.165, 1.54) is 27.9 Å². The van der Waals surface area contributed by atoms with Crippen LogP contribution in [0.2, 0.25) is 0 Å². The summed E-state index contributed by atoms with van der Waals surface area (Å²) >= 11 is 0. The number of methoxy groups -OCH3 is 1. The van der Waals surface area contributed by atoms with E-state index in [-0.39, 0.29) is 6.61 Å². The molecule has 0 unspecified atom stereocenters. The van der Waals surface area contributed by atoms with Gasteiger partial charge in [0.2, 0.25) is 0 Å². The van der Waals surface area contributed by atoms with Crippen LogP contribution in [-0.4, -0.2) is 56.2 Å². The van der Waals surface area contributed by atoms with Crippen LogP contribution in [0.4, 0.5) is 0 Å². The molecule has 0 aromatic heterocycles. The van der Waals surface area contributed by atoms with Gasteiger partial charge in [0.15, 0.2) is 24.6 Å². The van der Waals surface area contributed by atoms with Crippen LogP contribution >= 0.6 is 0 Å². The summed E-state index contributed by atoms with van der Waals surface area (Å²) in [5, 5.41) is 0. The lowest BCUT2D eigenvalue weighted by atomic mass is 10.0. The van der Waals surface area contributed by atoms with Crippen LogP contribution in [0.1, 0.15) is 20.8 Å². The highest BCUT2D eigenvalue weighted by molar-refractivity contribution is 5.68. The largest absolute Gasteiger partial charge is 0.456 e. The van der Waals surface area contributed by atoms with Crippen molar-refractivity contribution in [2.75, 3.05) is 13.7 Å². The highest BCUT2D eigenvalue weighted by Gasteiger charge is 2.47. The van der Waals surface area contributed by atoms with Gasteiger partial charge in [0.1, 0.15) is 0 Å². The van der Waals surface area contributed by atoms with E-state index in [1.807, 2.05) is 0 Å². The number of carbonyl (C=O) groups is 3. The molecule has 1 rings (SSSR count). The van der Waals surface area contributed by atoms with Crippen molar-refractivity contribution in [2.45, 2.75) is 45.4 Å². The molecule has 0 N–H and O–H groups in total. The summed E-state index contributed by atoms with van der Waals surface area (Å²) < 4.78 is 25.5. The van der Waals surface area contributed by atoms with Gasteiger partial charge in [-0.05, 0) is 0 Å². The van der Waals surface area contributed by atoms with Crippen molar-refractivity contribution in [1.82, 2.24) is 0 Å². The van der Waals surface area contributed by atoms with Crippen molar-refractivity contribution in [3.8, 4) is 0 Å². The fourth-order valence-electron chi connectivity index (χ4n) is 1.91. The van der Waals surface area contributed by atoms with Gasteiger partial charge in [-0.3, -0.25) is 14.4 Å². The Morgan fingerprint density at radius 1 is 0.900 bits per heavy atom. The first-order valence-corrected chi connectivity index (χ1v) is 6.01. The number of rotatable bonds is 4. The molecule has 0 aromatic rings. The molecule has 0 spiro atoms. The fraction of sp³-hybridized carbons (Fsp3) is 0.750. The van der Waals surface area contributed by atoms with Crippen LogP contribution in [0.5, 0.6) is 0 Å². The monoisotopic (exact) mass is 290 g/mol. The van der Waals surface area contributed by atoms with Gasteiger partial charge in [-0.2, -0.15) is 0 Å². The third-order valence-electron chi connectivity index (χ3n) is 2.54. The quantitative estimate of drug-likeness (QED) is 0.518. The van der Waals surface area contributed by atoms with E-state index < -0.39 is 42.5 Å². The van der Waals surface area contributed by atoms with E-state index in [9.17, 15) is 14.4 Å². The Morgan fingerprint density at radius 3 is 1.85 bits per heavy atom. The molecule has 1 saturated heterocycles. The first-order valence-electron chi connectivity index (χ1n) is 6.01. The van der Waals surface area contributed by atoms with Gasteiger partial charge in [0.25, 0.3) is 0 Å². The first-order chi connectivity index (χ1) is 9.35. The van der Waals surface area contributed by atoms with E-state index in [0.29, 0.717) is 0 Å². The van der Waals surface area contributed by atoms with Crippen LogP contribution in [0, 0.1) is 0 Å². The molecule has 1 aliphatic rings. The summed E-state index contributed by atoms with van der Waals surface area (Å²) in [6.45, 7) is 3.59. The molecule has 8 heteroatoms. The van der Waals surface area contributed by atoms with E-state index in [0.717, 1.165) is 0 Å². The fourth-order valence-corrected chi connectivity index (χ4v) is 1.91. The molecule has 0 aromatic carbocycles. The van der Waals surface area contributed by atoms with Crippen molar-refractivity contribution in [1.29, 1.82) is 0 Å². The standard InChI is InChI=1S/C12H18O8/c1-6(13)18-9-5-17-12(16-4)11(20-8(3)15)10(9)19-7(2)14/h9-12H,5H2,1-4H3/t9-,10-,11+,12+/m1/s1. The van der Waals surface area contributed by atoms with E-state index in [1.54, 1.807) is 0 Å². The third kappa shape index (κ3) is 4.46. The summed E-state index contributed by atoms with van der Waals surface area (Å²) in [7, 11) is 1.36. The SMILES string of the molecule is CO[C@H]1OC[C@@H](OC(C)=O)[C@@H](OC(C)=O)[C@@H]1OC(C)=O. The Bertz CT molecular complexity index is 380. The molecule has 0 bridgehead atoms. The maximum atomic E-state index is 11.2. The van der Waals surface area contributed by atoms with Crippen molar-refractivity contribution < 1.29 is 38.1 Å². The molecular weight excluding hydrogens is 272 g/mol. The predicted octanol–water partition coefficient (Wildman–Crippen LogP) is -0.216. The normalized spacial score (nSPS) is 29.4. The predicted molar refractivity (Wildman–Crippen MR) is 63.4 cm³/mol. The van der Waals surface area contributed by atoms with Crippen LogP contribution in [0.15, 0.2) is 0 Å². The minimum Gasteiger partial charge on any atom is -0.456 e. The second-order valence-corrected chi connectivity index (χ2v) is 4.23. The first kappa shape index (κ1) is 16.4. The van der Waals surface area contributed by atoms with Gasteiger partial charge >= 0.3 is 17.9 Å². The lowest BCUT2D eigenvalue weighted by Gasteiger charge is -2.39. The molecule has 0 saturated carbocycles. The van der Waals surface area contributed by atoms with Crippen molar-refractivity contribution >= 4 is 17.9 Å². The Kier molecular flexibility index (Phi) is 5.90. The average molecular weight is 290 g/mol. The van der Waals surface area contributed by atoms with Crippen LogP contribution in [-0.2, 0) is 38.1 Å². The third-order valence-corrected chi connectivity index (χ3v) is 2.54. The van der Waals surface area contributed by atoms with Crippen molar-refractivity contribution in [3.05, 3.63) is 0 Å². The van der Waals surface area contributed by atoms with E-state index in [2.05, 4.69) is 0 Å². The molecule has 1 aliphatic heterocycles. The molecule has 4 atom stereocenters. The second-order valence-electron chi connectivity index (χ2n) is 4.23. The van der Waals surface area contributed by atoms with Crippen LogP contribution in [0.25, 0.3) is 0 Å². The minimum atomic E-state index is -1.01. The summed E-state index contributed by atoms with van der Waals surface area (Å²) in [5.41, 5.74) is 0. The Morgan fingerprint density at radius 2 is 1.40 bits per heavy atom. The molecule has 1 fully saturated rings. The summed E-state index contributed by atoms with van der Waals surface area (Å²) in [6.07, 6.45) is -3.78. The Hall–Kier alpha value is -1.67. The maximum absolute atomic E-state index is 11.2. The van der Waals surface area contributed by atoms with Crippen molar-refractivity contribution in [2.24, 2.45) is 0 Å². The van der Waals surface area contributed by atoms with Crippen LogP contribution in [0.3, 0.4) is 0 Å². The lowest BCUT2D eigenvalue weighted by molar-refractivity contribution is -0.274. The molecule has 0 aliphatic carbocycles. The minimum absolute atomic E-state index is 0.0339. The van der Waals surface area contributed by atoms with Gasteiger partial charge < -0.3 is 23.7 Å². The smallest absolute Gasteiger partial charge is 0.303 e.